The first-order valence-electron chi connectivity index (χ1n) is 12.5. The lowest BCUT2D eigenvalue weighted by molar-refractivity contribution is -0.129. The van der Waals surface area contributed by atoms with Gasteiger partial charge >= 0.3 is 0 Å². The van der Waals surface area contributed by atoms with Gasteiger partial charge in [-0.25, -0.2) is 4.98 Å². The van der Waals surface area contributed by atoms with Gasteiger partial charge in [0, 0.05) is 12.3 Å². The molecule has 2 atom stereocenters. The van der Waals surface area contributed by atoms with Gasteiger partial charge in [0.25, 0.3) is 17.7 Å². The summed E-state index contributed by atoms with van der Waals surface area (Å²) in [6.07, 6.45) is 2.98. The highest BCUT2D eigenvalue weighted by Crippen LogP contribution is 2.33. The molecule has 0 fully saturated rings. The molecule has 204 valence electrons. The highest BCUT2D eigenvalue weighted by molar-refractivity contribution is 6.05. The summed E-state index contributed by atoms with van der Waals surface area (Å²) in [4.78, 5) is 54.1. The Morgan fingerprint density at radius 1 is 1.10 bits per heavy atom. The number of aromatic amines is 1. The van der Waals surface area contributed by atoms with Gasteiger partial charge < -0.3 is 26.1 Å². The average Bonchev–Trinajstić information content (AvgIpc) is 3.56. The van der Waals surface area contributed by atoms with Crippen LogP contribution in [0.25, 0.3) is 11.0 Å². The molecule has 0 spiro atoms. The number of hydrogen-bond donors (Lipinski definition) is 5. The molecule has 0 radical (unpaired) electrons. The Kier molecular flexibility index (Phi) is 7.15. The predicted molar refractivity (Wildman–Crippen MR) is 149 cm³/mol. The van der Waals surface area contributed by atoms with Crippen LogP contribution in [-0.4, -0.2) is 51.7 Å². The summed E-state index contributed by atoms with van der Waals surface area (Å²) < 4.78 is 5.61. The van der Waals surface area contributed by atoms with E-state index >= 15 is 0 Å². The smallest absolute Gasteiger partial charge is 0.258 e. The molecule has 1 aliphatic heterocycles. The Morgan fingerprint density at radius 3 is 2.70 bits per heavy atom. The monoisotopic (exact) mass is 540 g/mol. The second kappa shape index (κ2) is 10.8. The van der Waals surface area contributed by atoms with Crippen LogP contribution in [0, 0.1) is 13.8 Å². The Morgan fingerprint density at radius 2 is 1.95 bits per heavy atom. The number of pyridine rings is 1. The fraction of sp³-hybridized carbons (Fsp3) is 0.214. The molecular weight excluding hydrogens is 512 g/mol. The number of primary amides is 1. The van der Waals surface area contributed by atoms with Crippen molar-refractivity contribution in [2.75, 3.05) is 11.9 Å². The summed E-state index contributed by atoms with van der Waals surface area (Å²) in [5, 5.41) is 8.38. The van der Waals surface area contributed by atoms with Crippen LogP contribution in [0.1, 0.15) is 22.4 Å². The van der Waals surface area contributed by atoms with Gasteiger partial charge in [-0.2, -0.15) is 0 Å². The molecule has 0 saturated heterocycles. The van der Waals surface area contributed by atoms with E-state index in [0.29, 0.717) is 28.9 Å². The number of hydrogen-bond acceptors (Lipinski definition) is 8. The van der Waals surface area contributed by atoms with Crippen molar-refractivity contribution < 1.29 is 19.1 Å². The van der Waals surface area contributed by atoms with Crippen LogP contribution in [0.15, 0.2) is 65.8 Å². The minimum Gasteiger partial charge on any atom is -0.484 e. The lowest BCUT2D eigenvalue weighted by Gasteiger charge is -2.32. The van der Waals surface area contributed by atoms with E-state index in [1.807, 2.05) is 38.1 Å². The van der Waals surface area contributed by atoms with E-state index in [1.54, 1.807) is 36.5 Å². The van der Waals surface area contributed by atoms with E-state index < -0.39 is 23.4 Å². The fourth-order valence-electron chi connectivity index (χ4n) is 4.70. The molecule has 1 aliphatic rings. The number of H-pyrrole nitrogens is 1. The topological polar surface area (TPSA) is 176 Å². The van der Waals surface area contributed by atoms with Gasteiger partial charge in [0.1, 0.15) is 5.75 Å². The molecule has 40 heavy (non-hydrogen) atoms. The third-order valence-electron chi connectivity index (χ3n) is 6.63. The Bertz CT molecular complexity index is 1620. The molecule has 12 heteroatoms. The first kappa shape index (κ1) is 26.4. The Labute approximate surface area is 229 Å². The quantitative estimate of drug-likeness (QED) is 0.214. The van der Waals surface area contributed by atoms with Crippen LogP contribution in [-0.2, 0) is 26.5 Å². The molecule has 2 unspecified atom stereocenters. The van der Waals surface area contributed by atoms with Crippen molar-refractivity contribution in [3.63, 3.8) is 0 Å². The zero-order valence-corrected chi connectivity index (χ0v) is 21.9. The molecule has 2 aromatic heterocycles. The molecule has 6 N–H and O–H groups in total. The van der Waals surface area contributed by atoms with Crippen molar-refractivity contribution in [2.24, 2.45) is 10.7 Å². The maximum atomic E-state index is 13.4. The van der Waals surface area contributed by atoms with E-state index in [2.05, 4.69) is 35.9 Å². The molecule has 0 bridgehead atoms. The van der Waals surface area contributed by atoms with Crippen LogP contribution < -0.4 is 26.4 Å². The zero-order valence-electron chi connectivity index (χ0n) is 21.9. The highest BCUT2D eigenvalue weighted by atomic mass is 16.5. The number of aliphatic imine (C=N–C) groups is 1. The number of imidazole rings is 1. The molecule has 12 nitrogen and oxygen atoms in total. The van der Waals surface area contributed by atoms with Crippen LogP contribution in [0.5, 0.6) is 5.75 Å². The number of anilines is 1. The van der Waals surface area contributed by atoms with Gasteiger partial charge in [-0.05, 0) is 49.2 Å². The van der Waals surface area contributed by atoms with Crippen LogP contribution in [0.2, 0.25) is 0 Å². The largest absolute Gasteiger partial charge is 0.484 e. The Hall–Kier alpha value is -5.26. The molecular formula is C28H28N8O4. The third-order valence-corrected chi connectivity index (χ3v) is 6.63. The summed E-state index contributed by atoms with van der Waals surface area (Å²) in [5.41, 5.74) is 8.55. The second-order valence-electron chi connectivity index (χ2n) is 9.46. The number of nitrogens with two attached hydrogens (primary N) is 1. The molecule has 3 heterocycles. The average molecular weight is 541 g/mol. The standard InChI is InChI=1S/C28H28N8O4/c1-16-6-8-20(17(2)11-16)28(26(29)39)24(32-15-33-28)25(38)36-27-34-21-9-7-19(12-22(21)35-27)40-14-23(37)31-13-18-5-3-4-10-30-18/h3-12,15,24H,13-14H2,1-2H3,(H2,29,39)(H,31,37)(H,32,33)(H2,34,35,36,38). The van der Waals surface area contributed by atoms with E-state index in [-0.39, 0.29) is 18.5 Å². The molecule has 0 aliphatic carbocycles. The van der Waals surface area contributed by atoms with Gasteiger partial charge in [0.2, 0.25) is 5.95 Å². The minimum atomic E-state index is -1.55. The number of fused-ring (bicyclic) bond motifs is 1. The van der Waals surface area contributed by atoms with Gasteiger partial charge in [0.15, 0.2) is 18.2 Å². The molecule has 5 rings (SSSR count). The van der Waals surface area contributed by atoms with E-state index in [4.69, 9.17) is 10.5 Å². The third kappa shape index (κ3) is 5.19. The van der Waals surface area contributed by atoms with Gasteiger partial charge in [-0.3, -0.25) is 29.7 Å². The van der Waals surface area contributed by atoms with Crippen molar-refractivity contribution in [2.45, 2.75) is 32.0 Å². The summed E-state index contributed by atoms with van der Waals surface area (Å²) in [5.74, 6) is -0.996. The van der Waals surface area contributed by atoms with E-state index in [1.165, 1.54) is 6.34 Å². The number of nitrogens with one attached hydrogen (secondary N) is 4. The number of nitrogens with zero attached hydrogens (tertiary/aromatic N) is 3. The van der Waals surface area contributed by atoms with Crippen molar-refractivity contribution in [3.8, 4) is 5.75 Å². The van der Waals surface area contributed by atoms with Gasteiger partial charge in [-0.15, -0.1) is 0 Å². The molecule has 2 aromatic carbocycles. The number of aromatic nitrogens is 3. The number of amides is 3. The van der Waals surface area contributed by atoms with Crippen molar-refractivity contribution in [3.05, 3.63) is 83.2 Å². The number of carbonyl (C=O) groups excluding carboxylic acids is 3. The Balaban J connectivity index is 1.26. The molecule has 0 saturated carbocycles. The van der Waals surface area contributed by atoms with Crippen LogP contribution in [0.4, 0.5) is 5.95 Å². The molecule has 3 amide bonds. The number of rotatable bonds is 9. The second-order valence-corrected chi connectivity index (χ2v) is 9.46. The normalized spacial score (nSPS) is 17.8. The number of ether oxygens (including phenoxy) is 1. The maximum absolute atomic E-state index is 13.4. The zero-order chi connectivity index (χ0) is 28.3. The minimum absolute atomic E-state index is 0.159. The number of aryl methyl sites for hydroxylation is 2. The molecule has 4 aromatic rings. The maximum Gasteiger partial charge on any atom is 0.258 e. The first-order valence-corrected chi connectivity index (χ1v) is 12.5. The lowest BCUT2D eigenvalue weighted by atomic mass is 9.80. The van der Waals surface area contributed by atoms with Gasteiger partial charge in [0.05, 0.1) is 29.6 Å². The van der Waals surface area contributed by atoms with Crippen molar-refractivity contribution >= 4 is 41.0 Å². The van der Waals surface area contributed by atoms with Gasteiger partial charge in [-0.1, -0.05) is 29.8 Å². The van der Waals surface area contributed by atoms with Crippen molar-refractivity contribution in [1.29, 1.82) is 0 Å². The van der Waals surface area contributed by atoms with Crippen LogP contribution in [0.3, 0.4) is 0 Å². The van der Waals surface area contributed by atoms with Crippen molar-refractivity contribution in [1.82, 2.24) is 25.6 Å². The highest BCUT2D eigenvalue weighted by Gasteiger charge is 2.53. The number of carbonyl (C=O) groups is 3. The number of benzene rings is 2. The summed E-state index contributed by atoms with van der Waals surface area (Å²) in [7, 11) is 0. The summed E-state index contributed by atoms with van der Waals surface area (Å²) in [6.45, 7) is 3.90. The predicted octanol–water partition coefficient (Wildman–Crippen LogP) is 1.59. The fourth-order valence-corrected chi connectivity index (χ4v) is 4.70. The van der Waals surface area contributed by atoms with Crippen LogP contribution >= 0.6 is 0 Å². The lowest BCUT2D eigenvalue weighted by Crippen LogP contribution is -2.59. The summed E-state index contributed by atoms with van der Waals surface area (Å²) >= 11 is 0. The summed E-state index contributed by atoms with van der Waals surface area (Å²) in [6, 6.07) is 14.9. The SMILES string of the molecule is Cc1ccc(C2(C(N)=O)NC=NC2C(=O)Nc2nc3ccc(OCC(=O)NCc4ccccn4)cc3[nH]2)c(C)c1. The van der Waals surface area contributed by atoms with E-state index in [9.17, 15) is 14.4 Å². The first-order chi connectivity index (χ1) is 19.3. The van der Waals surface area contributed by atoms with E-state index in [0.717, 1.165) is 16.8 Å².